The molecule has 1 atom stereocenters. The molecule has 0 radical (unpaired) electrons. The molecule has 0 aromatic heterocycles. The summed E-state index contributed by atoms with van der Waals surface area (Å²) in [5.41, 5.74) is 1.24. The van der Waals surface area contributed by atoms with Crippen LogP contribution in [0.4, 0.5) is 0 Å². The van der Waals surface area contributed by atoms with E-state index in [0.29, 0.717) is 24.6 Å². The Hall–Kier alpha value is -1.26. The Labute approximate surface area is 132 Å². The summed E-state index contributed by atoms with van der Waals surface area (Å²) in [6.07, 6.45) is 5.50. The predicted octanol–water partition coefficient (Wildman–Crippen LogP) is 3.05. The molecule has 1 aromatic rings. The number of hydrogen-bond donors (Lipinski definition) is 2. The lowest BCUT2D eigenvalue weighted by molar-refractivity contribution is 0.172. The Morgan fingerprint density at radius 2 is 1.86 bits per heavy atom. The zero-order valence-corrected chi connectivity index (χ0v) is 13.4. The quantitative estimate of drug-likeness (QED) is 0.897. The van der Waals surface area contributed by atoms with Gasteiger partial charge in [-0.05, 0) is 56.2 Å². The Morgan fingerprint density at radius 1 is 1.14 bits per heavy atom. The van der Waals surface area contributed by atoms with Crippen molar-refractivity contribution in [3.8, 4) is 11.5 Å². The molecule has 1 aliphatic carbocycles. The van der Waals surface area contributed by atoms with Crippen LogP contribution in [0.1, 0.15) is 50.6 Å². The van der Waals surface area contributed by atoms with E-state index in [1.165, 1.54) is 5.56 Å². The van der Waals surface area contributed by atoms with Crippen LogP contribution in [0.15, 0.2) is 18.2 Å². The molecule has 0 saturated heterocycles. The number of aliphatic hydroxyl groups is 1. The first-order valence-electron chi connectivity index (χ1n) is 8.52. The third-order valence-corrected chi connectivity index (χ3v) is 4.86. The van der Waals surface area contributed by atoms with Crippen LogP contribution in [-0.4, -0.2) is 31.0 Å². The molecule has 1 fully saturated rings. The van der Waals surface area contributed by atoms with Crippen molar-refractivity contribution in [1.82, 2.24) is 5.32 Å². The van der Waals surface area contributed by atoms with Crippen molar-refractivity contribution >= 4 is 0 Å². The van der Waals surface area contributed by atoms with Crippen molar-refractivity contribution in [3.63, 3.8) is 0 Å². The van der Waals surface area contributed by atoms with Gasteiger partial charge in [0.15, 0.2) is 11.5 Å². The molecule has 0 bridgehead atoms. The molecular weight excluding hydrogens is 278 g/mol. The number of ether oxygens (including phenoxy) is 2. The Kier molecular flexibility index (Phi) is 5.21. The van der Waals surface area contributed by atoms with Gasteiger partial charge in [0, 0.05) is 25.1 Å². The average molecular weight is 305 g/mol. The van der Waals surface area contributed by atoms with Gasteiger partial charge < -0.3 is 19.9 Å². The van der Waals surface area contributed by atoms with Crippen molar-refractivity contribution in [3.05, 3.63) is 23.8 Å². The van der Waals surface area contributed by atoms with E-state index >= 15 is 0 Å². The summed E-state index contributed by atoms with van der Waals surface area (Å²) in [6.45, 7) is 4.00. The molecule has 1 heterocycles. The number of benzene rings is 1. The van der Waals surface area contributed by atoms with Crippen molar-refractivity contribution in [2.75, 3.05) is 19.8 Å². The fourth-order valence-electron chi connectivity index (χ4n) is 3.41. The zero-order chi connectivity index (χ0) is 15.4. The van der Waals surface area contributed by atoms with Crippen LogP contribution < -0.4 is 14.8 Å². The first-order chi connectivity index (χ1) is 10.8. The Balaban J connectivity index is 1.60. The highest BCUT2D eigenvalue weighted by Gasteiger charge is 2.22. The minimum absolute atomic E-state index is 0.299. The maximum Gasteiger partial charge on any atom is 0.161 e. The Morgan fingerprint density at radius 3 is 2.59 bits per heavy atom. The molecule has 2 aliphatic rings. The van der Waals surface area contributed by atoms with E-state index in [1.54, 1.807) is 0 Å². The van der Waals surface area contributed by atoms with Crippen LogP contribution in [0.3, 0.4) is 0 Å². The normalized spacial score (nSPS) is 26.3. The summed E-state index contributed by atoms with van der Waals surface area (Å²) in [5.74, 6) is 2.23. The molecule has 2 N–H and O–H groups in total. The van der Waals surface area contributed by atoms with Crippen molar-refractivity contribution in [1.29, 1.82) is 0 Å². The van der Waals surface area contributed by atoms with Gasteiger partial charge in [-0.1, -0.05) is 6.07 Å². The topological polar surface area (TPSA) is 50.7 Å². The first-order valence-corrected chi connectivity index (χ1v) is 8.52. The smallest absolute Gasteiger partial charge is 0.161 e. The SMILES string of the molecule is CC(NC1CCC(CO)CC1)c1ccc2c(c1)OCCCO2. The van der Waals surface area contributed by atoms with Gasteiger partial charge in [-0.2, -0.15) is 0 Å². The number of aliphatic hydroxyl groups excluding tert-OH is 1. The van der Waals surface area contributed by atoms with Gasteiger partial charge in [0.2, 0.25) is 0 Å². The molecule has 4 nitrogen and oxygen atoms in total. The molecule has 1 aliphatic heterocycles. The summed E-state index contributed by atoms with van der Waals surface area (Å²) < 4.78 is 11.5. The molecule has 0 amide bonds. The highest BCUT2D eigenvalue weighted by molar-refractivity contribution is 5.44. The number of hydrogen-bond acceptors (Lipinski definition) is 4. The van der Waals surface area contributed by atoms with E-state index in [-0.39, 0.29) is 0 Å². The first kappa shape index (κ1) is 15.6. The molecule has 1 saturated carbocycles. The van der Waals surface area contributed by atoms with E-state index < -0.39 is 0 Å². The van der Waals surface area contributed by atoms with Crippen LogP contribution >= 0.6 is 0 Å². The molecule has 1 unspecified atom stereocenters. The van der Waals surface area contributed by atoms with Gasteiger partial charge in [-0.3, -0.25) is 0 Å². The van der Waals surface area contributed by atoms with E-state index in [9.17, 15) is 5.11 Å². The van der Waals surface area contributed by atoms with E-state index in [1.807, 2.05) is 6.07 Å². The van der Waals surface area contributed by atoms with Crippen LogP contribution in [0.25, 0.3) is 0 Å². The second-order valence-electron chi connectivity index (χ2n) is 6.55. The summed E-state index contributed by atoms with van der Waals surface area (Å²) >= 11 is 0. The highest BCUT2D eigenvalue weighted by Crippen LogP contribution is 2.33. The minimum atomic E-state index is 0.299. The largest absolute Gasteiger partial charge is 0.490 e. The second kappa shape index (κ2) is 7.34. The van der Waals surface area contributed by atoms with Crippen molar-refractivity contribution in [2.45, 2.75) is 51.1 Å². The van der Waals surface area contributed by atoms with Gasteiger partial charge >= 0.3 is 0 Å². The second-order valence-corrected chi connectivity index (χ2v) is 6.55. The number of nitrogens with one attached hydrogen (secondary N) is 1. The third-order valence-electron chi connectivity index (χ3n) is 4.86. The van der Waals surface area contributed by atoms with Gasteiger partial charge in [-0.25, -0.2) is 0 Å². The summed E-state index contributed by atoms with van der Waals surface area (Å²) in [5, 5.41) is 13.0. The van der Waals surface area contributed by atoms with Crippen LogP contribution in [-0.2, 0) is 0 Å². The molecule has 122 valence electrons. The van der Waals surface area contributed by atoms with E-state index in [0.717, 1.165) is 56.8 Å². The summed E-state index contributed by atoms with van der Waals surface area (Å²) in [6, 6.07) is 7.11. The van der Waals surface area contributed by atoms with Gasteiger partial charge in [0.05, 0.1) is 13.2 Å². The minimum Gasteiger partial charge on any atom is -0.490 e. The maximum atomic E-state index is 9.23. The van der Waals surface area contributed by atoms with Crippen LogP contribution in [0.5, 0.6) is 11.5 Å². The molecule has 22 heavy (non-hydrogen) atoms. The van der Waals surface area contributed by atoms with Gasteiger partial charge in [0.25, 0.3) is 0 Å². The molecule has 1 aromatic carbocycles. The van der Waals surface area contributed by atoms with Crippen LogP contribution in [0.2, 0.25) is 0 Å². The highest BCUT2D eigenvalue weighted by atomic mass is 16.5. The van der Waals surface area contributed by atoms with E-state index in [4.69, 9.17) is 9.47 Å². The lowest BCUT2D eigenvalue weighted by atomic mass is 9.86. The number of fused-ring (bicyclic) bond motifs is 1. The predicted molar refractivity (Wildman–Crippen MR) is 86.4 cm³/mol. The molecule has 0 spiro atoms. The van der Waals surface area contributed by atoms with Crippen molar-refractivity contribution < 1.29 is 14.6 Å². The molecule has 4 heteroatoms. The van der Waals surface area contributed by atoms with E-state index in [2.05, 4.69) is 24.4 Å². The number of rotatable bonds is 4. The fourth-order valence-corrected chi connectivity index (χ4v) is 3.41. The van der Waals surface area contributed by atoms with Gasteiger partial charge in [-0.15, -0.1) is 0 Å². The van der Waals surface area contributed by atoms with Crippen LogP contribution in [0, 0.1) is 5.92 Å². The Bertz CT molecular complexity index is 483. The third kappa shape index (κ3) is 3.73. The average Bonchev–Trinajstić information content (AvgIpc) is 2.80. The zero-order valence-electron chi connectivity index (χ0n) is 13.4. The fraction of sp³-hybridized carbons (Fsp3) is 0.667. The molecule has 3 rings (SSSR count). The lowest BCUT2D eigenvalue weighted by Crippen LogP contribution is -2.35. The van der Waals surface area contributed by atoms with Crippen molar-refractivity contribution in [2.24, 2.45) is 5.92 Å². The summed E-state index contributed by atoms with van der Waals surface area (Å²) in [4.78, 5) is 0. The lowest BCUT2D eigenvalue weighted by Gasteiger charge is -2.30. The monoisotopic (exact) mass is 305 g/mol. The maximum absolute atomic E-state index is 9.23. The van der Waals surface area contributed by atoms with Gasteiger partial charge in [0.1, 0.15) is 0 Å². The standard InChI is InChI=1S/C18H27NO3/c1-13(19-16-6-3-14(12-20)4-7-16)15-5-8-17-18(11-15)22-10-2-9-21-17/h5,8,11,13-14,16,19-20H,2-4,6-7,9-10,12H2,1H3. The molecular formula is C18H27NO3. The summed E-state index contributed by atoms with van der Waals surface area (Å²) in [7, 11) is 0.